The molecule has 1 aliphatic heterocycles. The molecule has 9 nitrogen and oxygen atoms in total. The Morgan fingerprint density at radius 2 is 1.90 bits per heavy atom. The van der Waals surface area contributed by atoms with Crippen LogP contribution in [0.2, 0.25) is 0 Å². The minimum atomic E-state index is -0.812. The molecular formula is C28H34F2N6O3. The molecule has 2 atom stereocenters. The van der Waals surface area contributed by atoms with Crippen LogP contribution in [0.1, 0.15) is 60.4 Å². The highest BCUT2D eigenvalue weighted by Gasteiger charge is 2.38. The average molecular weight is 541 g/mol. The largest absolute Gasteiger partial charge is 0.355 e. The lowest BCUT2D eigenvalue weighted by Crippen LogP contribution is -2.57. The number of nitrogens with zero attached hydrogens (tertiary/aromatic N) is 4. The summed E-state index contributed by atoms with van der Waals surface area (Å²) in [5.74, 6) is -2.60. The number of aryl methyl sites for hydroxylation is 2. The number of nitrogens with one attached hydrogen (secondary N) is 2. The zero-order valence-corrected chi connectivity index (χ0v) is 22.3. The molecule has 1 aromatic carbocycles. The van der Waals surface area contributed by atoms with Crippen LogP contribution in [0.15, 0.2) is 34.9 Å². The first-order valence-electron chi connectivity index (χ1n) is 13.5. The van der Waals surface area contributed by atoms with Crippen molar-refractivity contribution in [1.82, 2.24) is 30.5 Å². The number of aromatic nitrogens is 3. The molecule has 2 N–H and O–H groups in total. The predicted molar refractivity (Wildman–Crippen MR) is 139 cm³/mol. The Kier molecular flexibility index (Phi) is 8.06. The summed E-state index contributed by atoms with van der Waals surface area (Å²) < 4.78 is 34.4. The molecule has 2 aromatic heterocycles. The molecular weight excluding hydrogens is 506 g/mol. The summed E-state index contributed by atoms with van der Waals surface area (Å²) >= 11 is 0. The van der Waals surface area contributed by atoms with Gasteiger partial charge < -0.3 is 15.2 Å². The third-order valence-corrected chi connectivity index (χ3v) is 7.87. The topological polar surface area (TPSA) is 105 Å². The van der Waals surface area contributed by atoms with Gasteiger partial charge in [-0.1, -0.05) is 24.4 Å². The standard InChI is InChI=1S/C28H34F2N6O3/c1-17-12-20(35(2)33-17)15-31-27(37)22-16-36(19-6-4-3-5-7-19)11-10-24(22)32-28(38)25-14-26(39-34-25)21-9-8-18(29)13-23(21)30/h8-9,12-14,19,22,24H,3-7,10-11,15-16H2,1-2H3,(H,31,37)(H,32,38)/t22-,24-/m1/s1. The van der Waals surface area contributed by atoms with Gasteiger partial charge in [-0.3, -0.25) is 19.2 Å². The number of carbonyl (C=O) groups is 2. The second-order valence-electron chi connectivity index (χ2n) is 10.6. The summed E-state index contributed by atoms with van der Waals surface area (Å²) in [6.07, 6.45) is 6.51. The Morgan fingerprint density at radius 3 is 2.62 bits per heavy atom. The summed E-state index contributed by atoms with van der Waals surface area (Å²) in [5, 5.41) is 14.2. The minimum absolute atomic E-state index is 0.00592. The van der Waals surface area contributed by atoms with Crippen LogP contribution in [0, 0.1) is 24.5 Å². The fourth-order valence-corrected chi connectivity index (χ4v) is 5.77. The number of benzene rings is 1. The van der Waals surface area contributed by atoms with E-state index >= 15 is 0 Å². The third kappa shape index (κ3) is 6.19. The fraction of sp³-hybridized carbons (Fsp3) is 0.500. The molecule has 0 radical (unpaired) electrons. The zero-order valence-electron chi connectivity index (χ0n) is 22.3. The second kappa shape index (κ2) is 11.6. The Hall–Kier alpha value is -3.60. The fourth-order valence-electron chi connectivity index (χ4n) is 5.77. The lowest BCUT2D eigenvalue weighted by molar-refractivity contribution is -0.128. The molecule has 0 spiro atoms. The van der Waals surface area contributed by atoms with Gasteiger partial charge in [-0.25, -0.2) is 8.78 Å². The van der Waals surface area contributed by atoms with Crippen LogP contribution in [0.25, 0.3) is 11.3 Å². The van der Waals surface area contributed by atoms with Crippen molar-refractivity contribution in [3.63, 3.8) is 0 Å². The third-order valence-electron chi connectivity index (χ3n) is 7.87. The number of piperidine rings is 1. The first kappa shape index (κ1) is 27.0. The van der Waals surface area contributed by atoms with E-state index < -0.39 is 29.5 Å². The van der Waals surface area contributed by atoms with Crippen molar-refractivity contribution in [1.29, 1.82) is 0 Å². The van der Waals surface area contributed by atoms with Gasteiger partial charge in [-0.05, 0) is 44.4 Å². The van der Waals surface area contributed by atoms with E-state index in [9.17, 15) is 18.4 Å². The SMILES string of the molecule is Cc1cc(CNC(=O)[C@@H]2CN(C3CCCCC3)CC[C@H]2NC(=O)c2cc(-c3ccc(F)cc3F)on2)n(C)n1. The van der Waals surface area contributed by atoms with E-state index in [-0.39, 0.29) is 22.9 Å². The molecule has 1 saturated heterocycles. The van der Waals surface area contributed by atoms with Crippen LogP contribution in [-0.2, 0) is 18.4 Å². The molecule has 2 amide bonds. The lowest BCUT2D eigenvalue weighted by atomic mass is 9.87. The summed E-state index contributed by atoms with van der Waals surface area (Å²) in [6, 6.07) is 6.38. The maximum Gasteiger partial charge on any atom is 0.273 e. The minimum Gasteiger partial charge on any atom is -0.355 e. The van der Waals surface area contributed by atoms with Crippen molar-refractivity contribution in [3.8, 4) is 11.3 Å². The van der Waals surface area contributed by atoms with E-state index in [1.165, 1.54) is 31.4 Å². The first-order chi connectivity index (χ1) is 18.8. The van der Waals surface area contributed by atoms with Crippen molar-refractivity contribution in [2.75, 3.05) is 13.1 Å². The van der Waals surface area contributed by atoms with Crippen LogP contribution in [-0.4, -0.2) is 56.8 Å². The molecule has 3 aromatic rings. The molecule has 1 saturated carbocycles. The molecule has 5 rings (SSSR count). The van der Waals surface area contributed by atoms with Gasteiger partial charge in [0.2, 0.25) is 5.91 Å². The molecule has 0 unspecified atom stereocenters. The van der Waals surface area contributed by atoms with Crippen LogP contribution in [0.5, 0.6) is 0 Å². The molecule has 11 heteroatoms. The molecule has 1 aliphatic carbocycles. The Morgan fingerprint density at radius 1 is 1.10 bits per heavy atom. The van der Waals surface area contributed by atoms with Gasteiger partial charge in [0.15, 0.2) is 11.5 Å². The maximum atomic E-state index is 14.2. The average Bonchev–Trinajstić information content (AvgIpc) is 3.54. The van der Waals surface area contributed by atoms with E-state index in [0.29, 0.717) is 25.6 Å². The number of rotatable bonds is 7. The van der Waals surface area contributed by atoms with Crippen molar-refractivity contribution >= 4 is 11.8 Å². The molecule has 208 valence electrons. The Bertz CT molecular complexity index is 1330. The van der Waals surface area contributed by atoms with E-state index in [1.807, 2.05) is 20.0 Å². The first-order valence-corrected chi connectivity index (χ1v) is 13.5. The molecule has 2 fully saturated rings. The zero-order chi connectivity index (χ0) is 27.5. The normalized spacial score (nSPS) is 20.6. The Balaban J connectivity index is 1.29. The number of likely N-dealkylation sites (tertiary alicyclic amines) is 1. The molecule has 3 heterocycles. The highest BCUT2D eigenvalue weighted by atomic mass is 19.1. The summed E-state index contributed by atoms with van der Waals surface area (Å²) in [6.45, 7) is 3.58. The van der Waals surface area contributed by atoms with Gasteiger partial charge in [0, 0.05) is 44.4 Å². The quantitative estimate of drug-likeness (QED) is 0.473. The summed E-state index contributed by atoms with van der Waals surface area (Å²) in [7, 11) is 1.84. The van der Waals surface area contributed by atoms with Crippen molar-refractivity contribution in [2.45, 2.75) is 64.1 Å². The number of halogens is 2. The van der Waals surface area contributed by atoms with Crippen LogP contribution in [0.4, 0.5) is 8.78 Å². The molecule has 39 heavy (non-hydrogen) atoms. The second-order valence-corrected chi connectivity index (χ2v) is 10.6. The van der Waals surface area contributed by atoms with Gasteiger partial charge >= 0.3 is 0 Å². The van der Waals surface area contributed by atoms with Gasteiger partial charge in [0.1, 0.15) is 11.6 Å². The van der Waals surface area contributed by atoms with E-state index in [4.69, 9.17) is 4.52 Å². The van der Waals surface area contributed by atoms with Gasteiger partial charge in [0.25, 0.3) is 5.91 Å². The van der Waals surface area contributed by atoms with Gasteiger partial charge in [0.05, 0.1) is 29.4 Å². The smallest absolute Gasteiger partial charge is 0.273 e. The highest BCUT2D eigenvalue weighted by Crippen LogP contribution is 2.28. The monoisotopic (exact) mass is 540 g/mol. The number of hydrogen-bond donors (Lipinski definition) is 2. The highest BCUT2D eigenvalue weighted by molar-refractivity contribution is 5.94. The van der Waals surface area contributed by atoms with Crippen LogP contribution < -0.4 is 10.6 Å². The summed E-state index contributed by atoms with van der Waals surface area (Å²) in [4.78, 5) is 29.0. The van der Waals surface area contributed by atoms with Gasteiger partial charge in [-0.15, -0.1) is 0 Å². The van der Waals surface area contributed by atoms with E-state index in [0.717, 1.165) is 42.9 Å². The number of carbonyl (C=O) groups excluding carboxylic acids is 2. The van der Waals surface area contributed by atoms with Crippen molar-refractivity contribution in [2.24, 2.45) is 13.0 Å². The summed E-state index contributed by atoms with van der Waals surface area (Å²) in [5.41, 5.74) is 1.74. The van der Waals surface area contributed by atoms with E-state index in [1.54, 1.807) is 4.68 Å². The number of hydrogen-bond acceptors (Lipinski definition) is 6. The predicted octanol–water partition coefficient (Wildman–Crippen LogP) is 3.73. The lowest BCUT2D eigenvalue weighted by Gasteiger charge is -2.43. The van der Waals surface area contributed by atoms with E-state index in [2.05, 4.69) is 25.8 Å². The van der Waals surface area contributed by atoms with Crippen molar-refractivity contribution < 1.29 is 22.9 Å². The Labute approximate surface area is 225 Å². The van der Waals surface area contributed by atoms with Gasteiger partial charge in [-0.2, -0.15) is 5.10 Å². The van der Waals surface area contributed by atoms with Crippen molar-refractivity contribution in [3.05, 3.63) is 59.0 Å². The molecule has 2 aliphatic rings. The molecule has 0 bridgehead atoms. The number of amides is 2. The maximum absolute atomic E-state index is 14.2. The van der Waals surface area contributed by atoms with Crippen LogP contribution in [0.3, 0.4) is 0 Å². The van der Waals surface area contributed by atoms with Crippen LogP contribution >= 0.6 is 0 Å².